The molecule has 0 amide bonds. The molecule has 0 saturated heterocycles. The molecular formula is C92H78Cl6N18O9. The van der Waals surface area contributed by atoms with Gasteiger partial charge in [0.15, 0.2) is 34.8 Å². The van der Waals surface area contributed by atoms with E-state index in [9.17, 15) is 44.1 Å². The lowest BCUT2D eigenvalue weighted by molar-refractivity contribution is 0.0977. The Morgan fingerprint density at radius 1 is 0.328 bits per heavy atom. The summed E-state index contributed by atoms with van der Waals surface area (Å²) in [6, 6.07) is 36.7. The number of benzene rings is 8. The molecule has 33 heteroatoms. The summed E-state index contributed by atoms with van der Waals surface area (Å²) in [6.45, 7) is 37.8. The first kappa shape index (κ1) is 90.7. The number of hydrogen-bond donors (Lipinski definition) is 9. The van der Waals surface area contributed by atoms with Crippen molar-refractivity contribution in [1.82, 2.24) is 15.0 Å². The topological polar surface area (TPSA) is 361 Å². The molecule has 0 bridgehead atoms. The molecule has 14 rings (SSSR count). The number of carbonyl (C=O) groups excluding carboxylic acids is 6. The monoisotopic (exact) mass is 1790 g/mol. The van der Waals surface area contributed by atoms with Crippen LogP contribution in [0.5, 0.6) is 17.2 Å². The minimum absolute atomic E-state index is 0.00627. The molecule has 0 spiro atoms. The fourth-order valence-electron chi connectivity index (χ4n) is 14.1. The van der Waals surface area contributed by atoms with Gasteiger partial charge in [-0.15, -0.1) is 30.7 Å². The zero-order valence-corrected chi connectivity index (χ0v) is 72.9. The first-order valence-corrected chi connectivity index (χ1v) is 41.8. The third-order valence-corrected chi connectivity index (χ3v) is 22.3. The molecule has 0 radical (unpaired) electrons. The van der Waals surface area contributed by atoms with Crippen molar-refractivity contribution in [2.45, 2.75) is 92.9 Å². The summed E-state index contributed by atoms with van der Waals surface area (Å²) in [7, 11) is 1.66. The SMILES string of the molecule is [C-]#[N+]c1c(NCCCC)nc(NC)c(N=Nc2c(Cl)cc(Cl)c3c2C(=O)c2c(O)cccc2C3=O)c1C.[C-]#[N+]c1c(NCCCC)nc(NCCc2ccccc2)c(N=Nc2c(Cl)cc(Cl)c3c2C(=O)c2c(O)cccc2C3=O)c1C.[C-]#[N+]c1c(NCCc2ccccc2)nc(NCCCC)c(N=Nc2c(Cl)cc(Cl)c3c2C(=O)c2c(O)cccc2C3=O)c1C. The number of nitrogens with zero attached hydrogens (tertiary/aromatic N) is 12. The Labute approximate surface area is 749 Å². The van der Waals surface area contributed by atoms with Gasteiger partial charge in [-0.3, -0.25) is 28.8 Å². The minimum atomic E-state index is -0.653. The van der Waals surface area contributed by atoms with E-state index in [1.54, 1.807) is 27.8 Å². The van der Waals surface area contributed by atoms with E-state index >= 15 is 0 Å². The fraction of sp³-hybridized carbons (Fsp3) is 0.217. The number of fused-ring (bicyclic) bond motifs is 6. The van der Waals surface area contributed by atoms with Crippen LogP contribution >= 0.6 is 69.6 Å². The summed E-state index contributed by atoms with van der Waals surface area (Å²) in [4.78, 5) is 106. The number of phenols is 3. The Kier molecular flexibility index (Phi) is 29.5. The quantitative estimate of drug-likeness (QED) is 0.0131. The molecule has 3 aromatic heterocycles. The molecule has 125 heavy (non-hydrogen) atoms. The van der Waals surface area contributed by atoms with Crippen LogP contribution in [0.25, 0.3) is 14.5 Å². The maximum Gasteiger partial charge on any atom is 0.233 e. The average Bonchev–Trinajstić information content (AvgIpc) is 0.740. The van der Waals surface area contributed by atoms with E-state index in [0.717, 1.165) is 56.1 Å². The van der Waals surface area contributed by atoms with Crippen LogP contribution in [0, 0.1) is 40.5 Å². The number of anilines is 6. The summed E-state index contributed by atoms with van der Waals surface area (Å²) in [5.74, 6) is -2.17. The van der Waals surface area contributed by atoms with Gasteiger partial charge < -0.3 is 47.2 Å². The van der Waals surface area contributed by atoms with Crippen molar-refractivity contribution in [3.8, 4) is 17.2 Å². The number of carbonyl (C=O) groups is 6. The number of pyridine rings is 3. The number of unbranched alkanes of at least 4 members (excludes halogenated alkanes) is 3. The molecule has 0 atom stereocenters. The Balaban J connectivity index is 0.000000172. The van der Waals surface area contributed by atoms with Gasteiger partial charge in [0.05, 0.1) is 99.9 Å². The Morgan fingerprint density at radius 3 is 0.896 bits per heavy atom. The second-order valence-corrected chi connectivity index (χ2v) is 31.1. The van der Waals surface area contributed by atoms with E-state index in [0.29, 0.717) is 102 Å². The predicted molar refractivity (Wildman–Crippen MR) is 490 cm³/mol. The third kappa shape index (κ3) is 18.9. The molecule has 0 unspecified atom stereocenters. The summed E-state index contributed by atoms with van der Waals surface area (Å²) < 4.78 is 0. The zero-order valence-electron chi connectivity index (χ0n) is 68.3. The van der Waals surface area contributed by atoms with E-state index < -0.39 is 34.7 Å². The molecule has 9 N–H and O–H groups in total. The highest BCUT2D eigenvalue weighted by Crippen LogP contribution is 2.51. The normalized spacial score (nSPS) is 12.2. The smallest absolute Gasteiger partial charge is 0.233 e. The van der Waals surface area contributed by atoms with Crippen molar-refractivity contribution in [1.29, 1.82) is 0 Å². The lowest BCUT2D eigenvalue weighted by Crippen LogP contribution is -2.21. The number of halogens is 6. The summed E-state index contributed by atoms with van der Waals surface area (Å²) in [6.07, 6.45) is 7.05. The molecule has 3 aliphatic rings. The van der Waals surface area contributed by atoms with Crippen molar-refractivity contribution in [3.05, 3.63) is 292 Å². The van der Waals surface area contributed by atoms with Gasteiger partial charge in [0, 0.05) is 56.5 Å². The first-order chi connectivity index (χ1) is 60.3. The second kappa shape index (κ2) is 40.6. The van der Waals surface area contributed by atoms with Crippen LogP contribution in [0.2, 0.25) is 30.1 Å². The predicted octanol–water partition coefficient (Wildman–Crippen LogP) is 25.4. The highest BCUT2D eigenvalue weighted by molar-refractivity contribution is 6.46. The van der Waals surface area contributed by atoms with Gasteiger partial charge in [0.2, 0.25) is 34.4 Å². The van der Waals surface area contributed by atoms with Gasteiger partial charge in [-0.25, -0.2) is 29.5 Å². The first-order valence-electron chi connectivity index (χ1n) is 39.5. The average molecular weight is 1790 g/mol. The van der Waals surface area contributed by atoms with Crippen molar-refractivity contribution in [2.24, 2.45) is 30.7 Å². The van der Waals surface area contributed by atoms with Gasteiger partial charge in [0.25, 0.3) is 0 Å². The van der Waals surface area contributed by atoms with Crippen LogP contribution < -0.4 is 31.9 Å². The van der Waals surface area contributed by atoms with Crippen LogP contribution in [-0.4, -0.2) is 105 Å². The molecular weight excluding hydrogens is 1710 g/mol. The number of aromatic hydroxyl groups is 3. The number of rotatable bonds is 27. The lowest BCUT2D eigenvalue weighted by Gasteiger charge is -2.21. The Bertz CT molecular complexity index is 6450. The second-order valence-electron chi connectivity index (χ2n) is 28.6. The highest BCUT2D eigenvalue weighted by atomic mass is 35.5. The van der Waals surface area contributed by atoms with Crippen molar-refractivity contribution in [3.63, 3.8) is 0 Å². The number of ketones is 6. The summed E-state index contributed by atoms with van der Waals surface area (Å²) in [5, 5.41) is 76.7. The van der Waals surface area contributed by atoms with Crippen molar-refractivity contribution >= 4 is 190 Å². The van der Waals surface area contributed by atoms with Gasteiger partial charge in [0.1, 0.15) is 68.8 Å². The van der Waals surface area contributed by atoms with E-state index in [2.05, 4.69) is 103 Å². The van der Waals surface area contributed by atoms with Gasteiger partial charge in [-0.1, -0.05) is 207 Å². The van der Waals surface area contributed by atoms with Gasteiger partial charge in [-0.2, -0.15) is 0 Å². The Hall–Kier alpha value is -13.6. The van der Waals surface area contributed by atoms with E-state index in [1.165, 1.54) is 72.8 Å². The van der Waals surface area contributed by atoms with Gasteiger partial charge >= 0.3 is 0 Å². The summed E-state index contributed by atoms with van der Waals surface area (Å²) >= 11 is 38.7. The van der Waals surface area contributed by atoms with Crippen LogP contribution in [0.4, 0.5) is 86.1 Å². The van der Waals surface area contributed by atoms with Gasteiger partial charge in [-0.05, 0) is 117 Å². The number of hydrogen-bond acceptors (Lipinski definition) is 24. The molecule has 8 aromatic carbocycles. The lowest BCUT2D eigenvalue weighted by atomic mass is 9.82. The van der Waals surface area contributed by atoms with Crippen molar-refractivity contribution < 1.29 is 44.1 Å². The van der Waals surface area contributed by atoms with E-state index in [1.807, 2.05) is 60.7 Å². The zero-order chi connectivity index (χ0) is 89.6. The van der Waals surface area contributed by atoms with Crippen LogP contribution in [-0.2, 0) is 12.8 Å². The van der Waals surface area contributed by atoms with E-state index in [-0.39, 0.29) is 154 Å². The largest absolute Gasteiger partial charge is 0.507 e. The standard InChI is InChI=1S/2C33H28Cl2N6O3.C26H22Cl2N6O3/c1-4-5-15-37-33-28(18(2)27(36-3)32(39-33)38-16-14-19-10-7-6-8-11-19)40-41-29-22(35)17-21(34)25-26(29)31(44)24-20(30(25)43)12-9-13-23(24)42;1-4-5-15-37-32-27(36-3)18(2)28(33(39-32)38-16-14-19-10-7-6-8-11-19)40-41-29-22(35)17-21(34)25-26(29)31(44)24-20(30(25)43)12-9-13-23(24)42;1-5-6-10-31-26-20(29-3)12(2)21(25(30-4)32-26)33-34-22-15(28)11-14(27)18-19(22)24(37)17-13(23(18)36)8-7-9-16(17)35/h2*6-13,17,42H,4-5,14-16H2,1-2H3,(H2,37,38,39);7-9,11,35H,5-6,10H2,1-2,4H3,(H2,30,31,32). The molecule has 3 heterocycles. The van der Waals surface area contributed by atoms with Crippen LogP contribution in [0.15, 0.2) is 164 Å². The minimum Gasteiger partial charge on any atom is -0.507 e. The maximum atomic E-state index is 13.7. The molecule has 0 saturated carbocycles. The molecule has 27 nitrogen and oxygen atoms in total. The van der Waals surface area contributed by atoms with Crippen molar-refractivity contribution in [2.75, 3.05) is 71.7 Å². The molecule has 0 aliphatic heterocycles. The molecule has 0 fully saturated rings. The number of phenolic OH excluding ortho intramolecular Hbond substituents is 3. The third-order valence-electron chi connectivity index (χ3n) is 20.6. The summed E-state index contributed by atoms with van der Waals surface area (Å²) in [5.41, 5.74) is 4.29. The number of aromatic nitrogens is 3. The van der Waals surface area contributed by atoms with Crippen LogP contribution in [0.3, 0.4) is 0 Å². The maximum absolute atomic E-state index is 13.7. The molecule has 632 valence electrons. The van der Waals surface area contributed by atoms with Crippen LogP contribution in [0.1, 0.15) is 183 Å². The molecule has 11 aromatic rings. The van der Waals surface area contributed by atoms with E-state index in [4.69, 9.17) is 99.3 Å². The highest BCUT2D eigenvalue weighted by Gasteiger charge is 2.41. The number of azo groups is 3. The Morgan fingerprint density at radius 2 is 0.600 bits per heavy atom. The number of nitrogens with one attached hydrogen (secondary N) is 6. The fourth-order valence-corrected chi connectivity index (χ4v) is 15.9. The molecule has 3 aliphatic carbocycles.